The fourth-order valence-corrected chi connectivity index (χ4v) is 4.15. The highest BCUT2D eigenvalue weighted by atomic mass is 32.2. The van der Waals surface area contributed by atoms with Crippen LogP contribution in [0.3, 0.4) is 0 Å². The van der Waals surface area contributed by atoms with Crippen molar-refractivity contribution in [1.82, 2.24) is 10.0 Å². The molecule has 1 heterocycles. The Morgan fingerprint density at radius 1 is 1.40 bits per heavy atom. The summed E-state index contributed by atoms with van der Waals surface area (Å²) in [5, 5.41) is 3.30. The Balaban J connectivity index is 2.68. The lowest BCUT2D eigenvalue weighted by Crippen LogP contribution is -2.26. The van der Waals surface area contributed by atoms with Gasteiger partial charge in [0.2, 0.25) is 10.0 Å². The Kier molecular flexibility index (Phi) is 7.11. The first kappa shape index (κ1) is 17.6. The van der Waals surface area contributed by atoms with E-state index in [0.717, 1.165) is 10.4 Å². The SMILES string of the molecule is CCOCCNS(=O)(=O)c1cc(C)c(CNC(C)C)s1. The summed E-state index contributed by atoms with van der Waals surface area (Å²) in [4.78, 5) is 1.06. The maximum atomic E-state index is 12.1. The predicted octanol–water partition coefficient (Wildman–Crippen LogP) is 1.87. The molecule has 1 rings (SSSR count). The number of rotatable bonds is 9. The maximum Gasteiger partial charge on any atom is 0.250 e. The highest BCUT2D eigenvalue weighted by Gasteiger charge is 2.18. The Morgan fingerprint density at radius 3 is 2.70 bits per heavy atom. The third-order valence-electron chi connectivity index (χ3n) is 2.68. The molecule has 1 aromatic heterocycles. The second-order valence-electron chi connectivity index (χ2n) is 4.80. The number of hydrogen-bond donors (Lipinski definition) is 2. The van der Waals surface area contributed by atoms with E-state index in [-0.39, 0.29) is 0 Å². The number of nitrogens with one attached hydrogen (secondary N) is 2. The molecule has 0 aliphatic carbocycles. The van der Waals surface area contributed by atoms with Crippen molar-refractivity contribution in [2.75, 3.05) is 19.8 Å². The minimum absolute atomic E-state index is 0.298. The molecule has 0 bridgehead atoms. The molecule has 0 unspecified atom stereocenters. The first-order chi connectivity index (χ1) is 9.36. The average Bonchev–Trinajstić information content (AvgIpc) is 2.74. The van der Waals surface area contributed by atoms with Crippen LogP contribution in [0, 0.1) is 6.92 Å². The number of aryl methyl sites for hydroxylation is 1. The van der Waals surface area contributed by atoms with E-state index in [4.69, 9.17) is 4.74 Å². The largest absolute Gasteiger partial charge is 0.380 e. The first-order valence-electron chi connectivity index (χ1n) is 6.77. The molecule has 0 spiro atoms. The van der Waals surface area contributed by atoms with Gasteiger partial charge in [-0.25, -0.2) is 13.1 Å². The van der Waals surface area contributed by atoms with Crippen LogP contribution in [0.15, 0.2) is 10.3 Å². The molecule has 0 aromatic carbocycles. The number of ether oxygens (including phenoxy) is 1. The molecule has 0 aliphatic heterocycles. The highest BCUT2D eigenvalue weighted by molar-refractivity contribution is 7.91. The molecule has 116 valence electrons. The van der Waals surface area contributed by atoms with Crippen molar-refractivity contribution in [2.24, 2.45) is 0 Å². The molecule has 0 saturated heterocycles. The lowest BCUT2D eigenvalue weighted by Gasteiger charge is -2.06. The van der Waals surface area contributed by atoms with E-state index >= 15 is 0 Å². The van der Waals surface area contributed by atoms with Gasteiger partial charge in [-0.2, -0.15) is 0 Å². The van der Waals surface area contributed by atoms with E-state index in [9.17, 15) is 8.42 Å². The Hall–Kier alpha value is -0.470. The van der Waals surface area contributed by atoms with Crippen molar-refractivity contribution >= 4 is 21.4 Å². The molecule has 1 aromatic rings. The lowest BCUT2D eigenvalue weighted by atomic mass is 10.3. The number of sulfonamides is 1. The molecule has 7 heteroatoms. The van der Waals surface area contributed by atoms with Crippen LogP contribution in [0.5, 0.6) is 0 Å². The van der Waals surface area contributed by atoms with Gasteiger partial charge in [0.05, 0.1) is 6.61 Å². The van der Waals surface area contributed by atoms with Gasteiger partial charge in [0.1, 0.15) is 4.21 Å². The van der Waals surface area contributed by atoms with Crippen LogP contribution in [-0.2, 0) is 21.3 Å². The third kappa shape index (κ3) is 5.49. The van der Waals surface area contributed by atoms with Gasteiger partial charge in [0.25, 0.3) is 0 Å². The summed E-state index contributed by atoms with van der Waals surface area (Å²) >= 11 is 1.32. The monoisotopic (exact) mass is 320 g/mol. The summed E-state index contributed by atoms with van der Waals surface area (Å²) in [7, 11) is -3.42. The van der Waals surface area contributed by atoms with Crippen LogP contribution in [0.25, 0.3) is 0 Å². The van der Waals surface area contributed by atoms with E-state index in [1.54, 1.807) is 6.07 Å². The van der Waals surface area contributed by atoms with E-state index in [2.05, 4.69) is 23.9 Å². The summed E-state index contributed by atoms with van der Waals surface area (Å²) in [6.45, 7) is 9.92. The van der Waals surface area contributed by atoms with Crippen molar-refractivity contribution in [2.45, 2.75) is 44.5 Å². The van der Waals surface area contributed by atoms with Gasteiger partial charge in [-0.3, -0.25) is 0 Å². The van der Waals surface area contributed by atoms with Gasteiger partial charge < -0.3 is 10.1 Å². The fraction of sp³-hybridized carbons (Fsp3) is 0.692. The molecule has 0 amide bonds. The quantitative estimate of drug-likeness (QED) is 0.682. The molecule has 0 atom stereocenters. The summed E-state index contributed by atoms with van der Waals surface area (Å²) in [5.74, 6) is 0. The normalized spacial score (nSPS) is 12.2. The van der Waals surface area contributed by atoms with E-state index < -0.39 is 10.0 Å². The van der Waals surface area contributed by atoms with Crippen molar-refractivity contribution in [3.05, 3.63) is 16.5 Å². The van der Waals surface area contributed by atoms with Gasteiger partial charge >= 0.3 is 0 Å². The highest BCUT2D eigenvalue weighted by Crippen LogP contribution is 2.25. The Bertz CT molecular complexity index is 510. The van der Waals surface area contributed by atoms with Crippen LogP contribution >= 0.6 is 11.3 Å². The molecule has 2 N–H and O–H groups in total. The molecule has 0 aliphatic rings. The number of hydrogen-bond acceptors (Lipinski definition) is 5. The minimum atomic E-state index is -3.42. The Morgan fingerprint density at radius 2 is 2.10 bits per heavy atom. The van der Waals surface area contributed by atoms with Crippen LogP contribution in [0.4, 0.5) is 0 Å². The van der Waals surface area contributed by atoms with Gasteiger partial charge in [0.15, 0.2) is 0 Å². The van der Waals surface area contributed by atoms with Crippen molar-refractivity contribution in [3.63, 3.8) is 0 Å². The van der Waals surface area contributed by atoms with Crippen molar-refractivity contribution < 1.29 is 13.2 Å². The molecule has 20 heavy (non-hydrogen) atoms. The van der Waals surface area contributed by atoms with Crippen LogP contribution in [-0.4, -0.2) is 34.2 Å². The zero-order valence-corrected chi connectivity index (χ0v) is 14.2. The second-order valence-corrected chi connectivity index (χ2v) is 7.93. The van der Waals surface area contributed by atoms with Crippen LogP contribution in [0.1, 0.15) is 31.2 Å². The third-order valence-corrected chi connectivity index (χ3v) is 5.85. The predicted molar refractivity (Wildman–Crippen MR) is 82.7 cm³/mol. The van der Waals surface area contributed by atoms with Crippen molar-refractivity contribution in [3.8, 4) is 0 Å². The molecule has 0 fully saturated rings. The zero-order chi connectivity index (χ0) is 15.2. The summed E-state index contributed by atoms with van der Waals surface area (Å²) in [5.41, 5.74) is 1.01. The van der Waals surface area contributed by atoms with Gasteiger partial charge in [-0.05, 0) is 25.5 Å². The van der Waals surface area contributed by atoms with Crippen LogP contribution < -0.4 is 10.0 Å². The molecule has 0 saturated carbocycles. The topological polar surface area (TPSA) is 67.4 Å². The van der Waals surface area contributed by atoms with Gasteiger partial charge in [0, 0.05) is 30.6 Å². The van der Waals surface area contributed by atoms with Crippen LogP contribution in [0.2, 0.25) is 0 Å². The zero-order valence-electron chi connectivity index (χ0n) is 12.5. The first-order valence-corrected chi connectivity index (χ1v) is 9.07. The fourth-order valence-electron chi connectivity index (χ4n) is 1.56. The molecular formula is C13H24N2O3S2. The summed E-state index contributed by atoms with van der Waals surface area (Å²) in [6, 6.07) is 2.10. The molecular weight excluding hydrogens is 296 g/mol. The standard InChI is InChI=1S/C13H24N2O3S2/c1-5-18-7-6-15-20(16,17)13-8-11(4)12(19-13)9-14-10(2)3/h8,10,14-15H,5-7,9H2,1-4H3. The summed E-state index contributed by atoms with van der Waals surface area (Å²) < 4.78 is 32.3. The maximum absolute atomic E-state index is 12.1. The lowest BCUT2D eigenvalue weighted by molar-refractivity contribution is 0.153. The van der Waals surface area contributed by atoms with E-state index in [1.807, 2.05) is 13.8 Å². The van der Waals surface area contributed by atoms with E-state index in [0.29, 0.717) is 36.6 Å². The summed E-state index contributed by atoms with van der Waals surface area (Å²) in [6.07, 6.45) is 0. The van der Waals surface area contributed by atoms with Gasteiger partial charge in [-0.1, -0.05) is 13.8 Å². The molecule has 0 radical (unpaired) electrons. The Labute approximate surface area is 125 Å². The average molecular weight is 320 g/mol. The number of thiophene rings is 1. The second kappa shape index (κ2) is 8.09. The van der Waals surface area contributed by atoms with Gasteiger partial charge in [-0.15, -0.1) is 11.3 Å². The van der Waals surface area contributed by atoms with E-state index in [1.165, 1.54) is 11.3 Å². The minimum Gasteiger partial charge on any atom is -0.380 e. The molecule has 5 nitrogen and oxygen atoms in total. The smallest absolute Gasteiger partial charge is 0.250 e. The van der Waals surface area contributed by atoms with Crippen molar-refractivity contribution in [1.29, 1.82) is 0 Å².